The molecule has 11 heteroatoms. The van der Waals surface area contributed by atoms with Crippen LogP contribution >= 0.6 is 0 Å². The molecule has 3 aromatic rings. The topological polar surface area (TPSA) is 125 Å². The van der Waals surface area contributed by atoms with Crippen LogP contribution in [0.5, 0.6) is 5.75 Å². The van der Waals surface area contributed by atoms with E-state index in [1.54, 1.807) is 48.0 Å². The number of hydrogen-bond donors (Lipinski definition) is 2. The van der Waals surface area contributed by atoms with Crippen LogP contribution in [-0.2, 0) is 26.0 Å². The number of nitrogens with one attached hydrogen (secondary N) is 1. The van der Waals surface area contributed by atoms with Gasteiger partial charge >= 0.3 is 0 Å². The number of benzene rings is 3. The van der Waals surface area contributed by atoms with Crippen LogP contribution in [0.25, 0.3) is 0 Å². The van der Waals surface area contributed by atoms with E-state index in [2.05, 4.69) is 4.72 Å². The molecule has 4 rings (SSSR count). The minimum absolute atomic E-state index is 0.0337. The molecule has 2 N–H and O–H groups in total. The molecule has 0 aromatic heterocycles. The van der Waals surface area contributed by atoms with Gasteiger partial charge in [-0.15, -0.1) is 0 Å². The van der Waals surface area contributed by atoms with E-state index in [0.29, 0.717) is 25.3 Å². The number of fused-ring (bicyclic) bond motifs is 1. The SMILES string of the molecule is Cc1ccc(S(=O)(=O)Nc2ccc3c(c2)C(=O)N([C@H](C)CO)C[C@H](C)[C@H](CN(C)C(=O)Cc2ccccc2)OCCCC[C@H](C)O3)cc1. The summed E-state index contributed by atoms with van der Waals surface area (Å²) in [6.07, 6.45) is 2.01. The van der Waals surface area contributed by atoms with E-state index in [9.17, 15) is 23.1 Å². The number of aliphatic hydroxyl groups is 1. The summed E-state index contributed by atoms with van der Waals surface area (Å²) in [4.78, 5) is 30.9. The third-order valence-electron chi connectivity index (χ3n) is 8.71. The van der Waals surface area contributed by atoms with E-state index < -0.39 is 22.0 Å². The van der Waals surface area contributed by atoms with Crippen LogP contribution in [0, 0.1) is 12.8 Å². The van der Waals surface area contributed by atoms with Crippen LogP contribution in [0.3, 0.4) is 0 Å². The smallest absolute Gasteiger partial charge is 0.261 e. The first-order valence-electron chi connectivity index (χ1n) is 16.6. The molecule has 1 aliphatic rings. The van der Waals surface area contributed by atoms with Crippen molar-refractivity contribution in [3.8, 4) is 5.75 Å². The van der Waals surface area contributed by atoms with Gasteiger partial charge in [0.2, 0.25) is 5.91 Å². The highest BCUT2D eigenvalue weighted by atomic mass is 32.2. The van der Waals surface area contributed by atoms with Gasteiger partial charge in [0, 0.05) is 38.3 Å². The Morgan fingerprint density at radius 2 is 1.77 bits per heavy atom. The average molecular weight is 680 g/mol. The van der Waals surface area contributed by atoms with Gasteiger partial charge in [0.25, 0.3) is 15.9 Å². The van der Waals surface area contributed by atoms with Gasteiger partial charge in [-0.2, -0.15) is 0 Å². The Bertz CT molecular complexity index is 1620. The molecule has 260 valence electrons. The maximum absolute atomic E-state index is 14.4. The molecule has 4 atom stereocenters. The molecule has 0 spiro atoms. The van der Waals surface area contributed by atoms with Crippen LogP contribution in [0.1, 0.15) is 61.5 Å². The summed E-state index contributed by atoms with van der Waals surface area (Å²) in [5, 5.41) is 10.2. The molecular formula is C37H49N3O7S. The Morgan fingerprint density at radius 3 is 2.46 bits per heavy atom. The zero-order valence-corrected chi connectivity index (χ0v) is 29.4. The minimum atomic E-state index is -3.93. The minimum Gasteiger partial charge on any atom is -0.490 e. The molecular weight excluding hydrogens is 630 g/mol. The Balaban J connectivity index is 1.63. The summed E-state index contributed by atoms with van der Waals surface area (Å²) in [5.41, 5.74) is 2.26. The molecule has 0 saturated heterocycles. The predicted molar refractivity (Wildman–Crippen MR) is 187 cm³/mol. The fourth-order valence-electron chi connectivity index (χ4n) is 5.66. The standard InChI is InChI=1S/C37H49N3O7S/c1-26-14-17-32(18-15-26)48(44,45)38-31-16-19-34-33(22-31)37(43)40(28(3)25-41)23-27(2)35(46-20-10-9-11-29(4)47-34)24-39(5)36(42)21-30-12-7-6-8-13-30/h6-8,12-19,22,27-29,35,38,41H,9-11,20-21,23-25H2,1-5H3/t27-,28+,29-,35-/m0/s1. The number of rotatable bonds is 9. The van der Waals surface area contributed by atoms with Crippen LogP contribution in [0.15, 0.2) is 77.7 Å². The molecule has 2 amide bonds. The van der Waals surface area contributed by atoms with Crippen LogP contribution < -0.4 is 9.46 Å². The van der Waals surface area contributed by atoms with Crippen molar-refractivity contribution >= 4 is 27.5 Å². The summed E-state index contributed by atoms with van der Waals surface area (Å²) in [6.45, 7) is 8.31. The fraction of sp³-hybridized carbons (Fsp3) is 0.459. The van der Waals surface area contributed by atoms with E-state index in [1.807, 2.05) is 51.1 Å². The molecule has 0 saturated carbocycles. The Labute approximate surface area is 285 Å². The van der Waals surface area contributed by atoms with Crippen LogP contribution in [0.4, 0.5) is 5.69 Å². The van der Waals surface area contributed by atoms with Gasteiger partial charge in [0.1, 0.15) is 5.75 Å². The van der Waals surface area contributed by atoms with E-state index in [-0.39, 0.29) is 59.8 Å². The highest BCUT2D eigenvalue weighted by Gasteiger charge is 2.31. The van der Waals surface area contributed by atoms with Gasteiger partial charge in [-0.05, 0) is 75.9 Å². The Morgan fingerprint density at radius 1 is 1.06 bits per heavy atom. The Kier molecular flexibility index (Phi) is 13.0. The lowest BCUT2D eigenvalue weighted by Crippen LogP contribution is -2.48. The monoisotopic (exact) mass is 679 g/mol. The number of likely N-dealkylation sites (N-methyl/N-ethyl adjacent to an activating group) is 1. The summed E-state index contributed by atoms with van der Waals surface area (Å²) >= 11 is 0. The van der Waals surface area contributed by atoms with Crippen molar-refractivity contribution in [3.05, 3.63) is 89.5 Å². The number of hydrogen-bond acceptors (Lipinski definition) is 7. The molecule has 0 unspecified atom stereocenters. The maximum atomic E-state index is 14.4. The molecule has 10 nitrogen and oxygen atoms in total. The number of anilines is 1. The number of ether oxygens (including phenoxy) is 2. The summed E-state index contributed by atoms with van der Waals surface area (Å²) < 4.78 is 41.7. The second kappa shape index (κ2) is 16.9. The zero-order chi connectivity index (χ0) is 34.8. The van der Waals surface area contributed by atoms with E-state index in [1.165, 1.54) is 18.2 Å². The first-order chi connectivity index (χ1) is 22.9. The van der Waals surface area contributed by atoms with Crippen LogP contribution in [0.2, 0.25) is 0 Å². The van der Waals surface area contributed by atoms with Gasteiger partial charge in [0.15, 0.2) is 0 Å². The molecule has 1 heterocycles. The van der Waals surface area contributed by atoms with Crippen molar-refractivity contribution in [2.45, 2.75) is 76.5 Å². The first kappa shape index (κ1) is 36.9. The molecule has 1 aliphatic heterocycles. The van der Waals surface area contributed by atoms with Gasteiger partial charge < -0.3 is 24.4 Å². The number of aliphatic hydroxyl groups excluding tert-OH is 1. The number of nitrogens with zero attached hydrogens (tertiary/aromatic N) is 2. The highest BCUT2D eigenvalue weighted by molar-refractivity contribution is 7.92. The normalized spacial score (nSPS) is 20.2. The highest BCUT2D eigenvalue weighted by Crippen LogP contribution is 2.29. The molecule has 0 radical (unpaired) electrons. The summed E-state index contributed by atoms with van der Waals surface area (Å²) in [6, 6.07) is 20.2. The van der Waals surface area contributed by atoms with Crippen molar-refractivity contribution < 1.29 is 32.6 Å². The lowest BCUT2D eigenvalue weighted by atomic mass is 10.0. The molecule has 0 fully saturated rings. The van der Waals surface area contributed by atoms with Crippen molar-refractivity contribution in [1.29, 1.82) is 0 Å². The quantitative estimate of drug-likeness (QED) is 0.315. The maximum Gasteiger partial charge on any atom is 0.261 e. The fourth-order valence-corrected chi connectivity index (χ4v) is 6.71. The van der Waals surface area contributed by atoms with Gasteiger partial charge in [-0.3, -0.25) is 14.3 Å². The second-order valence-electron chi connectivity index (χ2n) is 12.9. The lowest BCUT2D eigenvalue weighted by molar-refractivity contribution is -0.131. The molecule has 3 aromatic carbocycles. The molecule has 0 bridgehead atoms. The van der Waals surface area contributed by atoms with Crippen molar-refractivity contribution in [2.24, 2.45) is 5.92 Å². The summed E-state index contributed by atoms with van der Waals surface area (Å²) in [5.74, 6) is -0.325. The molecule has 48 heavy (non-hydrogen) atoms. The molecule has 0 aliphatic carbocycles. The lowest BCUT2D eigenvalue weighted by Gasteiger charge is -2.36. The third kappa shape index (κ3) is 10.0. The Hall–Kier alpha value is -3.93. The average Bonchev–Trinajstić information content (AvgIpc) is 3.06. The second-order valence-corrected chi connectivity index (χ2v) is 14.5. The largest absolute Gasteiger partial charge is 0.490 e. The van der Waals surface area contributed by atoms with E-state index in [0.717, 1.165) is 24.0 Å². The number of aryl methyl sites for hydroxylation is 1. The number of carbonyl (C=O) groups excluding carboxylic acids is 2. The van der Waals surface area contributed by atoms with E-state index >= 15 is 0 Å². The van der Waals surface area contributed by atoms with Gasteiger partial charge in [0.05, 0.1) is 41.7 Å². The van der Waals surface area contributed by atoms with Crippen molar-refractivity contribution in [2.75, 3.05) is 38.1 Å². The van der Waals surface area contributed by atoms with Gasteiger partial charge in [-0.1, -0.05) is 55.0 Å². The third-order valence-corrected chi connectivity index (χ3v) is 10.1. The predicted octanol–water partition coefficient (Wildman–Crippen LogP) is 5.29. The van der Waals surface area contributed by atoms with Crippen molar-refractivity contribution in [1.82, 2.24) is 9.80 Å². The number of sulfonamides is 1. The summed E-state index contributed by atoms with van der Waals surface area (Å²) in [7, 11) is -2.16. The zero-order valence-electron chi connectivity index (χ0n) is 28.6. The van der Waals surface area contributed by atoms with Crippen LogP contribution in [-0.4, -0.2) is 86.7 Å². The van der Waals surface area contributed by atoms with Crippen molar-refractivity contribution in [3.63, 3.8) is 0 Å². The van der Waals surface area contributed by atoms with E-state index in [4.69, 9.17) is 9.47 Å². The number of carbonyl (C=O) groups is 2. The van der Waals surface area contributed by atoms with Gasteiger partial charge in [-0.25, -0.2) is 8.42 Å². The number of amides is 2. The first-order valence-corrected chi connectivity index (χ1v) is 18.1.